The normalized spacial score (nSPS) is 11.6. The van der Waals surface area contributed by atoms with Crippen molar-refractivity contribution < 1.29 is 12.8 Å². The molecule has 0 aliphatic carbocycles. The SMILES string of the molecule is CCCNCCNCCCCNc1cc(F)c(S(=O)(=O)Nc2nccs2)cc1Cl. The molecule has 2 rings (SSSR count). The third-order valence-electron chi connectivity index (χ3n) is 3.97. The molecule has 0 unspecified atom stereocenters. The van der Waals surface area contributed by atoms with Gasteiger partial charge in [0.05, 0.1) is 10.7 Å². The lowest BCUT2D eigenvalue weighted by atomic mass is 10.2. The molecule has 0 saturated carbocycles. The van der Waals surface area contributed by atoms with Crippen LogP contribution in [-0.2, 0) is 10.0 Å². The summed E-state index contributed by atoms with van der Waals surface area (Å²) in [5.41, 5.74) is 0.370. The van der Waals surface area contributed by atoms with Crippen molar-refractivity contribution in [1.29, 1.82) is 0 Å². The monoisotopic (exact) mass is 463 g/mol. The van der Waals surface area contributed by atoms with E-state index >= 15 is 0 Å². The topological polar surface area (TPSA) is 95.1 Å². The van der Waals surface area contributed by atoms with Gasteiger partial charge in [-0.05, 0) is 44.5 Å². The lowest BCUT2D eigenvalue weighted by Crippen LogP contribution is -2.28. The van der Waals surface area contributed by atoms with Crippen LogP contribution in [-0.4, -0.2) is 46.1 Å². The van der Waals surface area contributed by atoms with Crippen molar-refractivity contribution in [2.75, 3.05) is 42.8 Å². The summed E-state index contributed by atoms with van der Waals surface area (Å²) in [6, 6.07) is 2.22. The van der Waals surface area contributed by atoms with E-state index in [0.717, 1.165) is 68.9 Å². The molecule has 0 amide bonds. The van der Waals surface area contributed by atoms with Crippen molar-refractivity contribution in [2.24, 2.45) is 0 Å². The first kappa shape index (κ1) is 23.8. The molecule has 0 fully saturated rings. The number of anilines is 2. The van der Waals surface area contributed by atoms with Crippen LogP contribution in [0.25, 0.3) is 0 Å². The van der Waals surface area contributed by atoms with Crippen LogP contribution >= 0.6 is 22.9 Å². The number of benzene rings is 1. The van der Waals surface area contributed by atoms with E-state index in [4.69, 9.17) is 11.6 Å². The Morgan fingerprint density at radius 1 is 1.10 bits per heavy atom. The smallest absolute Gasteiger partial charge is 0.266 e. The van der Waals surface area contributed by atoms with Gasteiger partial charge in [-0.15, -0.1) is 11.3 Å². The number of hydrogen-bond acceptors (Lipinski definition) is 7. The van der Waals surface area contributed by atoms with Gasteiger partial charge >= 0.3 is 0 Å². The maximum atomic E-state index is 14.4. The van der Waals surface area contributed by atoms with Gasteiger partial charge < -0.3 is 16.0 Å². The first-order valence-corrected chi connectivity index (χ1v) is 12.2. The highest BCUT2D eigenvalue weighted by Gasteiger charge is 2.22. The molecule has 0 radical (unpaired) electrons. The lowest BCUT2D eigenvalue weighted by Gasteiger charge is -2.12. The van der Waals surface area contributed by atoms with Gasteiger partial charge in [-0.25, -0.2) is 17.8 Å². The molecular formula is C18H27ClFN5O2S2. The standard InChI is InChI=1S/C18H27ClFN5O2S2/c1-2-5-21-8-9-22-6-3-4-7-23-16-13-15(20)17(12-14(16)19)29(26,27)25-18-24-10-11-28-18/h10-13,21-23H,2-9H2,1H3,(H,24,25). The molecule has 0 bridgehead atoms. The van der Waals surface area contributed by atoms with E-state index in [1.54, 1.807) is 5.38 Å². The van der Waals surface area contributed by atoms with Crippen LogP contribution in [0.1, 0.15) is 26.2 Å². The Kier molecular flexibility index (Phi) is 10.1. The van der Waals surface area contributed by atoms with Gasteiger partial charge in [-0.2, -0.15) is 0 Å². The fourth-order valence-corrected chi connectivity index (χ4v) is 4.69. The van der Waals surface area contributed by atoms with Crippen molar-refractivity contribution in [1.82, 2.24) is 15.6 Å². The number of aromatic nitrogens is 1. The van der Waals surface area contributed by atoms with Crippen LogP contribution in [0.15, 0.2) is 28.6 Å². The van der Waals surface area contributed by atoms with Crippen molar-refractivity contribution in [3.63, 3.8) is 0 Å². The van der Waals surface area contributed by atoms with Crippen molar-refractivity contribution in [2.45, 2.75) is 31.1 Å². The number of nitrogens with one attached hydrogen (secondary N) is 4. The Morgan fingerprint density at radius 3 is 2.52 bits per heavy atom. The summed E-state index contributed by atoms with van der Waals surface area (Å²) in [7, 11) is -4.10. The van der Waals surface area contributed by atoms with Gasteiger partial charge in [0.1, 0.15) is 10.7 Å². The summed E-state index contributed by atoms with van der Waals surface area (Å²) < 4.78 is 41.4. The van der Waals surface area contributed by atoms with Crippen LogP contribution in [0.5, 0.6) is 0 Å². The molecule has 11 heteroatoms. The van der Waals surface area contributed by atoms with E-state index in [9.17, 15) is 12.8 Å². The molecule has 4 N–H and O–H groups in total. The minimum atomic E-state index is -4.10. The molecule has 0 spiro atoms. The van der Waals surface area contributed by atoms with E-state index in [2.05, 4.69) is 32.6 Å². The largest absolute Gasteiger partial charge is 0.384 e. The molecular weight excluding hydrogens is 437 g/mol. The summed E-state index contributed by atoms with van der Waals surface area (Å²) in [6.45, 7) is 6.56. The highest BCUT2D eigenvalue weighted by Crippen LogP contribution is 2.29. The van der Waals surface area contributed by atoms with Crippen LogP contribution in [0, 0.1) is 5.82 Å². The van der Waals surface area contributed by atoms with Crippen LogP contribution in [0.3, 0.4) is 0 Å². The number of nitrogens with zero attached hydrogens (tertiary/aromatic N) is 1. The highest BCUT2D eigenvalue weighted by molar-refractivity contribution is 7.93. The fraction of sp³-hybridized carbons (Fsp3) is 0.500. The second-order valence-corrected chi connectivity index (χ2v) is 9.29. The molecule has 1 aromatic heterocycles. The quantitative estimate of drug-likeness (QED) is 0.320. The molecule has 2 aromatic rings. The third-order valence-corrected chi connectivity index (χ3v) is 6.45. The number of halogens is 2. The molecule has 1 aromatic carbocycles. The van der Waals surface area contributed by atoms with Gasteiger partial charge in [-0.1, -0.05) is 18.5 Å². The maximum absolute atomic E-state index is 14.4. The zero-order valence-electron chi connectivity index (χ0n) is 16.3. The Bertz CT molecular complexity index is 850. The zero-order valence-corrected chi connectivity index (χ0v) is 18.7. The minimum Gasteiger partial charge on any atom is -0.384 e. The second-order valence-electron chi connectivity index (χ2n) is 6.34. The van der Waals surface area contributed by atoms with Gasteiger partial charge in [-0.3, -0.25) is 4.72 Å². The predicted molar refractivity (Wildman–Crippen MR) is 118 cm³/mol. The third kappa shape index (κ3) is 8.06. The van der Waals surface area contributed by atoms with Gasteiger partial charge in [0.25, 0.3) is 10.0 Å². The predicted octanol–water partition coefficient (Wildman–Crippen LogP) is 3.52. The molecule has 162 valence electrons. The van der Waals surface area contributed by atoms with Crippen LogP contribution < -0.4 is 20.7 Å². The van der Waals surface area contributed by atoms with Gasteiger partial charge in [0.15, 0.2) is 5.13 Å². The Morgan fingerprint density at radius 2 is 1.83 bits per heavy atom. The molecule has 0 aliphatic heterocycles. The fourth-order valence-electron chi connectivity index (χ4n) is 2.52. The van der Waals surface area contributed by atoms with E-state index in [-0.39, 0.29) is 10.2 Å². The van der Waals surface area contributed by atoms with Crippen molar-refractivity contribution in [3.8, 4) is 0 Å². The zero-order chi connectivity index (χ0) is 21.1. The Balaban J connectivity index is 1.79. The molecule has 0 atom stereocenters. The molecule has 0 saturated heterocycles. The average molecular weight is 464 g/mol. The minimum absolute atomic E-state index is 0.144. The van der Waals surface area contributed by atoms with Crippen molar-refractivity contribution >= 4 is 43.8 Å². The van der Waals surface area contributed by atoms with Crippen LogP contribution in [0.2, 0.25) is 5.02 Å². The highest BCUT2D eigenvalue weighted by atomic mass is 35.5. The Labute approximate surface area is 180 Å². The van der Waals surface area contributed by atoms with Crippen molar-refractivity contribution in [3.05, 3.63) is 34.5 Å². The van der Waals surface area contributed by atoms with Gasteiger partial charge in [0.2, 0.25) is 0 Å². The van der Waals surface area contributed by atoms with Gasteiger partial charge in [0, 0.05) is 31.2 Å². The van der Waals surface area contributed by atoms with E-state index < -0.39 is 20.7 Å². The first-order chi connectivity index (χ1) is 13.9. The van der Waals surface area contributed by atoms with E-state index in [1.807, 2.05) is 0 Å². The summed E-state index contributed by atoms with van der Waals surface area (Å²) in [5, 5.41) is 11.7. The maximum Gasteiger partial charge on any atom is 0.266 e. The summed E-state index contributed by atoms with van der Waals surface area (Å²) in [5.74, 6) is -0.873. The number of sulfonamides is 1. The summed E-state index contributed by atoms with van der Waals surface area (Å²) in [4.78, 5) is 3.33. The molecule has 7 nitrogen and oxygen atoms in total. The average Bonchev–Trinajstić information content (AvgIpc) is 3.17. The second kappa shape index (κ2) is 12.3. The Hall–Kier alpha value is -1.46. The summed E-state index contributed by atoms with van der Waals surface area (Å²) in [6.07, 6.45) is 4.42. The van der Waals surface area contributed by atoms with Crippen LogP contribution in [0.4, 0.5) is 15.2 Å². The van der Waals surface area contributed by atoms with E-state index in [1.165, 1.54) is 6.20 Å². The number of hydrogen-bond donors (Lipinski definition) is 4. The molecule has 29 heavy (non-hydrogen) atoms. The first-order valence-electron chi connectivity index (χ1n) is 9.50. The lowest BCUT2D eigenvalue weighted by molar-refractivity contribution is 0.570. The summed E-state index contributed by atoms with van der Waals surface area (Å²) >= 11 is 7.26. The number of rotatable bonds is 14. The van der Waals surface area contributed by atoms with E-state index in [0.29, 0.717) is 12.2 Å². The number of unbranched alkanes of at least 4 members (excludes halogenated alkanes) is 1. The number of thiazole rings is 1. The molecule has 0 aliphatic rings. The molecule has 1 heterocycles.